The minimum absolute atomic E-state index is 0.0235. The first-order chi connectivity index (χ1) is 13.6. The highest BCUT2D eigenvalue weighted by atomic mass is 32.2. The van der Waals surface area contributed by atoms with Crippen molar-refractivity contribution in [3.05, 3.63) is 70.4 Å². The first kappa shape index (κ1) is 19.6. The molecule has 150 valence electrons. The van der Waals surface area contributed by atoms with Gasteiger partial charge in [0.2, 0.25) is 0 Å². The Labute approximate surface area is 167 Å². The summed E-state index contributed by atoms with van der Waals surface area (Å²) < 4.78 is 81.0. The molecule has 0 amide bonds. The second kappa shape index (κ2) is 6.67. The summed E-state index contributed by atoms with van der Waals surface area (Å²) in [6.07, 6.45) is -2.75. The summed E-state index contributed by atoms with van der Waals surface area (Å²) in [5, 5.41) is 1.23. The van der Waals surface area contributed by atoms with Gasteiger partial charge in [0.1, 0.15) is 10.7 Å². The Morgan fingerprint density at radius 1 is 1.07 bits per heavy atom. The third-order valence-corrected chi connectivity index (χ3v) is 6.99. The lowest BCUT2D eigenvalue weighted by atomic mass is 10.1. The van der Waals surface area contributed by atoms with Gasteiger partial charge in [-0.05, 0) is 36.6 Å². The number of hydrogen-bond acceptors (Lipinski definition) is 4. The highest BCUT2D eigenvalue weighted by Gasteiger charge is 2.36. The van der Waals surface area contributed by atoms with Gasteiger partial charge in [-0.2, -0.15) is 13.2 Å². The van der Waals surface area contributed by atoms with Crippen LogP contribution in [0.2, 0.25) is 0 Å². The Morgan fingerprint density at radius 2 is 1.76 bits per heavy atom. The monoisotopic (exact) mass is 440 g/mol. The van der Waals surface area contributed by atoms with Gasteiger partial charge in [0.05, 0.1) is 11.1 Å². The van der Waals surface area contributed by atoms with Crippen LogP contribution in [0.25, 0.3) is 22.2 Å². The average molecular weight is 440 g/mol. The summed E-state index contributed by atoms with van der Waals surface area (Å²) in [6, 6.07) is 8.21. The molecule has 0 fully saturated rings. The largest absolute Gasteiger partial charge is 0.426 e. The zero-order valence-electron chi connectivity index (χ0n) is 14.7. The van der Waals surface area contributed by atoms with Crippen LogP contribution < -0.4 is 0 Å². The van der Waals surface area contributed by atoms with Crippen molar-refractivity contribution in [3.8, 4) is 11.1 Å². The minimum Gasteiger partial charge on any atom is -0.234 e. The molecule has 0 radical (unpaired) electrons. The van der Waals surface area contributed by atoms with E-state index in [9.17, 15) is 26.0 Å². The van der Waals surface area contributed by atoms with E-state index in [0.717, 1.165) is 28.0 Å². The molecule has 0 bridgehead atoms. The van der Waals surface area contributed by atoms with Gasteiger partial charge in [-0.15, -0.1) is 11.3 Å². The number of thiophene rings is 1. The molecule has 4 aromatic rings. The SMILES string of the molecule is Cc1ccc(S(=O)(=O)n2cc(-c3ccsc3C(F)(F)F)c3cc(F)cnc32)cc1. The quantitative estimate of drug-likeness (QED) is 0.397. The number of alkyl halides is 3. The van der Waals surface area contributed by atoms with Gasteiger partial charge in [0.15, 0.2) is 5.65 Å². The lowest BCUT2D eigenvalue weighted by Crippen LogP contribution is -2.12. The number of nitrogens with zero attached hydrogens (tertiary/aromatic N) is 2. The van der Waals surface area contributed by atoms with Gasteiger partial charge in [-0.1, -0.05) is 17.7 Å². The molecule has 10 heteroatoms. The summed E-state index contributed by atoms with van der Waals surface area (Å²) in [7, 11) is -4.16. The van der Waals surface area contributed by atoms with Crippen molar-refractivity contribution in [2.24, 2.45) is 0 Å². The molecular formula is C19H12F4N2O2S2. The molecule has 4 nitrogen and oxygen atoms in total. The van der Waals surface area contributed by atoms with Crippen LogP contribution in [0, 0.1) is 12.7 Å². The van der Waals surface area contributed by atoms with E-state index < -0.39 is 26.9 Å². The number of aromatic nitrogens is 2. The molecule has 0 unspecified atom stereocenters. The molecule has 0 N–H and O–H groups in total. The van der Waals surface area contributed by atoms with Crippen LogP contribution in [-0.2, 0) is 16.2 Å². The smallest absolute Gasteiger partial charge is 0.234 e. The molecule has 4 rings (SSSR count). The van der Waals surface area contributed by atoms with Crippen LogP contribution in [0.3, 0.4) is 0 Å². The van der Waals surface area contributed by atoms with E-state index in [2.05, 4.69) is 4.98 Å². The lowest BCUT2D eigenvalue weighted by molar-refractivity contribution is -0.133. The summed E-state index contributed by atoms with van der Waals surface area (Å²) >= 11 is 0.481. The first-order valence-electron chi connectivity index (χ1n) is 8.23. The number of fused-ring (bicyclic) bond motifs is 1. The van der Waals surface area contributed by atoms with Gasteiger partial charge >= 0.3 is 6.18 Å². The Morgan fingerprint density at radius 3 is 2.41 bits per heavy atom. The Balaban J connectivity index is 2.02. The molecule has 0 spiro atoms. The Bertz CT molecular complexity index is 1320. The van der Waals surface area contributed by atoms with Crippen LogP contribution >= 0.6 is 11.3 Å². The maximum absolute atomic E-state index is 13.8. The zero-order valence-corrected chi connectivity index (χ0v) is 16.4. The van der Waals surface area contributed by atoms with Gasteiger partial charge < -0.3 is 0 Å². The molecule has 29 heavy (non-hydrogen) atoms. The summed E-state index contributed by atoms with van der Waals surface area (Å²) in [6.45, 7) is 1.79. The van der Waals surface area contributed by atoms with Crippen LogP contribution in [-0.4, -0.2) is 17.4 Å². The van der Waals surface area contributed by atoms with Gasteiger partial charge in [0, 0.05) is 22.7 Å². The van der Waals surface area contributed by atoms with E-state index in [1.165, 1.54) is 23.6 Å². The molecule has 0 aliphatic heterocycles. The van der Waals surface area contributed by atoms with Crippen molar-refractivity contribution >= 4 is 32.4 Å². The molecule has 3 heterocycles. The van der Waals surface area contributed by atoms with E-state index >= 15 is 0 Å². The second-order valence-corrected chi connectivity index (χ2v) is 9.07. The van der Waals surface area contributed by atoms with E-state index in [4.69, 9.17) is 0 Å². The topological polar surface area (TPSA) is 52.0 Å². The molecule has 0 aliphatic rings. The number of rotatable bonds is 3. The molecule has 0 aliphatic carbocycles. The van der Waals surface area contributed by atoms with E-state index in [-0.39, 0.29) is 27.1 Å². The highest BCUT2D eigenvalue weighted by Crippen LogP contribution is 2.43. The van der Waals surface area contributed by atoms with Crippen molar-refractivity contribution in [1.29, 1.82) is 0 Å². The fourth-order valence-corrected chi connectivity index (χ4v) is 5.12. The number of pyridine rings is 1. The van der Waals surface area contributed by atoms with Crippen molar-refractivity contribution in [1.82, 2.24) is 8.96 Å². The third-order valence-electron chi connectivity index (χ3n) is 4.37. The van der Waals surface area contributed by atoms with Crippen LogP contribution in [0.15, 0.2) is 59.1 Å². The van der Waals surface area contributed by atoms with E-state index in [0.29, 0.717) is 11.3 Å². The fraction of sp³-hybridized carbons (Fsp3) is 0.105. The van der Waals surface area contributed by atoms with Crippen molar-refractivity contribution in [2.75, 3.05) is 0 Å². The molecule has 1 aromatic carbocycles. The Kier molecular flexibility index (Phi) is 4.50. The second-order valence-electron chi connectivity index (χ2n) is 6.34. The predicted molar refractivity (Wildman–Crippen MR) is 102 cm³/mol. The molecule has 3 aromatic heterocycles. The first-order valence-corrected chi connectivity index (χ1v) is 10.5. The summed E-state index contributed by atoms with van der Waals surface area (Å²) in [4.78, 5) is 2.89. The Hall–Kier alpha value is -2.72. The van der Waals surface area contributed by atoms with Crippen LogP contribution in [0.4, 0.5) is 17.6 Å². The van der Waals surface area contributed by atoms with E-state index in [1.807, 2.05) is 0 Å². The lowest BCUT2D eigenvalue weighted by Gasteiger charge is -2.07. The minimum atomic E-state index is -4.63. The fourth-order valence-electron chi connectivity index (χ4n) is 3.02. The maximum atomic E-state index is 13.8. The van der Waals surface area contributed by atoms with Gasteiger partial charge in [0.25, 0.3) is 10.0 Å². The molecule has 0 atom stereocenters. The number of halogens is 4. The normalized spacial score (nSPS) is 12.6. The number of aryl methyl sites for hydroxylation is 1. The van der Waals surface area contributed by atoms with Crippen LogP contribution in [0.1, 0.15) is 10.4 Å². The van der Waals surface area contributed by atoms with Gasteiger partial charge in [-0.25, -0.2) is 21.8 Å². The molecule has 0 saturated carbocycles. The third kappa shape index (κ3) is 3.32. The van der Waals surface area contributed by atoms with Crippen molar-refractivity contribution in [2.45, 2.75) is 18.0 Å². The van der Waals surface area contributed by atoms with Crippen molar-refractivity contribution in [3.63, 3.8) is 0 Å². The average Bonchev–Trinajstić information content (AvgIpc) is 3.26. The summed E-state index contributed by atoms with van der Waals surface area (Å²) in [5.74, 6) is -0.784. The predicted octanol–water partition coefficient (Wildman–Crippen LogP) is 5.47. The van der Waals surface area contributed by atoms with Crippen LogP contribution in [0.5, 0.6) is 0 Å². The maximum Gasteiger partial charge on any atom is 0.426 e. The summed E-state index contributed by atoms with van der Waals surface area (Å²) in [5.41, 5.74) is 0.408. The van der Waals surface area contributed by atoms with Crippen molar-refractivity contribution < 1.29 is 26.0 Å². The van der Waals surface area contributed by atoms with Gasteiger partial charge in [-0.3, -0.25) is 0 Å². The number of hydrogen-bond donors (Lipinski definition) is 0. The number of benzene rings is 1. The zero-order chi connectivity index (χ0) is 21.0. The molecular weight excluding hydrogens is 428 g/mol. The van der Waals surface area contributed by atoms with E-state index in [1.54, 1.807) is 19.1 Å². The molecule has 0 saturated heterocycles. The standard InChI is InChI=1S/C19H12F4N2O2S2/c1-11-2-4-13(5-3-11)29(26,27)25-10-16(15-8-12(20)9-24-18(15)25)14-6-7-28-17(14)19(21,22)23/h2-10H,1H3. The highest BCUT2D eigenvalue weighted by molar-refractivity contribution is 7.90.